The molecular weight excluding hydrogens is 338 g/mol. The van der Waals surface area contributed by atoms with E-state index in [4.69, 9.17) is 15.2 Å². The number of methoxy groups -OCH3 is 1. The Bertz CT molecular complexity index is 809. The van der Waals surface area contributed by atoms with Crippen LogP contribution in [0.25, 0.3) is 10.9 Å². The van der Waals surface area contributed by atoms with Crippen molar-refractivity contribution in [3.8, 4) is 5.75 Å². The first kappa shape index (κ1) is 18.4. The number of hydrogen-bond donors (Lipinski definition) is 1. The van der Waals surface area contributed by atoms with E-state index >= 15 is 0 Å². The van der Waals surface area contributed by atoms with Crippen LogP contribution in [0, 0.1) is 11.8 Å². The van der Waals surface area contributed by atoms with E-state index in [2.05, 4.69) is 34.7 Å². The molecule has 5 atom stereocenters. The van der Waals surface area contributed by atoms with Gasteiger partial charge in [0, 0.05) is 30.7 Å². The molecule has 0 saturated carbocycles. The topological polar surface area (TPSA) is 60.6 Å². The van der Waals surface area contributed by atoms with Crippen molar-refractivity contribution in [3.63, 3.8) is 0 Å². The molecule has 4 unspecified atom stereocenters. The van der Waals surface area contributed by atoms with Crippen molar-refractivity contribution in [2.45, 2.75) is 25.0 Å². The Morgan fingerprint density at radius 1 is 1.41 bits per heavy atom. The van der Waals surface area contributed by atoms with Crippen LogP contribution in [0.3, 0.4) is 0 Å². The van der Waals surface area contributed by atoms with Crippen LogP contribution in [0.15, 0.2) is 43.1 Å². The molecule has 27 heavy (non-hydrogen) atoms. The number of aromatic nitrogens is 1. The SMILES string of the molecule is C=CC1CN2CCC1CC2[C@@H](OCCN)c1ccnc2ccc(OC)cc12. The molecule has 144 valence electrons. The van der Waals surface area contributed by atoms with Crippen molar-refractivity contribution in [2.75, 3.05) is 33.4 Å². The maximum atomic E-state index is 6.36. The molecular formula is C22H29N3O2. The van der Waals surface area contributed by atoms with Gasteiger partial charge in [-0.3, -0.25) is 9.88 Å². The van der Waals surface area contributed by atoms with Crippen molar-refractivity contribution in [1.29, 1.82) is 0 Å². The number of nitrogens with zero attached hydrogens (tertiary/aromatic N) is 2. The fraction of sp³-hybridized carbons (Fsp3) is 0.500. The molecule has 5 heteroatoms. The molecule has 5 rings (SSSR count). The molecule has 3 aliphatic heterocycles. The summed E-state index contributed by atoms with van der Waals surface area (Å²) in [5.74, 6) is 2.13. The number of piperidine rings is 3. The summed E-state index contributed by atoms with van der Waals surface area (Å²) >= 11 is 0. The molecule has 2 aromatic rings. The van der Waals surface area contributed by atoms with Crippen LogP contribution in [-0.2, 0) is 4.74 Å². The Hall–Kier alpha value is -1.95. The zero-order chi connectivity index (χ0) is 18.8. The van der Waals surface area contributed by atoms with E-state index in [0.717, 1.165) is 36.2 Å². The highest BCUT2D eigenvalue weighted by molar-refractivity contribution is 5.84. The maximum Gasteiger partial charge on any atom is 0.119 e. The lowest BCUT2D eigenvalue weighted by Crippen LogP contribution is -2.55. The summed E-state index contributed by atoms with van der Waals surface area (Å²) in [7, 11) is 1.70. The van der Waals surface area contributed by atoms with Gasteiger partial charge in [0.25, 0.3) is 0 Å². The van der Waals surface area contributed by atoms with Crippen LogP contribution in [0.5, 0.6) is 5.75 Å². The van der Waals surface area contributed by atoms with E-state index in [-0.39, 0.29) is 6.10 Å². The summed E-state index contributed by atoms with van der Waals surface area (Å²) in [4.78, 5) is 7.12. The lowest BCUT2D eigenvalue weighted by molar-refractivity contribution is -0.0730. The van der Waals surface area contributed by atoms with Gasteiger partial charge in [0.15, 0.2) is 0 Å². The van der Waals surface area contributed by atoms with Crippen molar-refractivity contribution >= 4 is 10.9 Å². The number of ether oxygens (including phenoxy) is 2. The smallest absolute Gasteiger partial charge is 0.119 e. The summed E-state index contributed by atoms with van der Waals surface area (Å²) < 4.78 is 11.8. The Labute approximate surface area is 161 Å². The largest absolute Gasteiger partial charge is 0.497 e. The first-order chi connectivity index (χ1) is 13.2. The summed E-state index contributed by atoms with van der Waals surface area (Å²) in [6.45, 7) is 7.33. The van der Waals surface area contributed by atoms with Crippen LogP contribution in [0.2, 0.25) is 0 Å². The molecule has 0 spiro atoms. The van der Waals surface area contributed by atoms with Crippen molar-refractivity contribution in [2.24, 2.45) is 17.6 Å². The van der Waals surface area contributed by atoms with Gasteiger partial charge >= 0.3 is 0 Å². The number of pyridine rings is 1. The molecule has 2 N–H and O–H groups in total. The third kappa shape index (κ3) is 3.47. The van der Waals surface area contributed by atoms with Gasteiger partial charge < -0.3 is 15.2 Å². The highest BCUT2D eigenvalue weighted by Gasteiger charge is 2.43. The molecule has 1 aromatic carbocycles. The van der Waals surface area contributed by atoms with Gasteiger partial charge in [-0.25, -0.2) is 0 Å². The van der Waals surface area contributed by atoms with Gasteiger partial charge in [-0.2, -0.15) is 0 Å². The van der Waals surface area contributed by atoms with Crippen LogP contribution in [0.4, 0.5) is 0 Å². The Morgan fingerprint density at radius 2 is 2.30 bits per heavy atom. The van der Waals surface area contributed by atoms with E-state index in [0.29, 0.717) is 31.0 Å². The van der Waals surface area contributed by atoms with Crippen LogP contribution >= 0.6 is 0 Å². The van der Waals surface area contributed by atoms with E-state index in [1.165, 1.54) is 12.0 Å². The van der Waals surface area contributed by atoms with Crippen LogP contribution < -0.4 is 10.5 Å². The normalized spacial score (nSPS) is 28.2. The van der Waals surface area contributed by atoms with Crippen LogP contribution in [-0.4, -0.2) is 49.3 Å². The molecule has 5 nitrogen and oxygen atoms in total. The third-order valence-corrected chi connectivity index (χ3v) is 6.21. The molecule has 2 bridgehead atoms. The quantitative estimate of drug-likeness (QED) is 0.762. The number of benzene rings is 1. The van der Waals surface area contributed by atoms with Gasteiger partial charge in [0.05, 0.1) is 25.3 Å². The first-order valence-corrected chi connectivity index (χ1v) is 9.86. The highest BCUT2D eigenvalue weighted by Crippen LogP contribution is 2.43. The van der Waals surface area contributed by atoms with Gasteiger partial charge in [0.2, 0.25) is 0 Å². The second-order valence-corrected chi connectivity index (χ2v) is 7.61. The zero-order valence-electron chi connectivity index (χ0n) is 16.0. The van der Waals surface area contributed by atoms with Gasteiger partial charge in [0.1, 0.15) is 5.75 Å². The average Bonchev–Trinajstić information content (AvgIpc) is 2.74. The highest BCUT2D eigenvalue weighted by atomic mass is 16.5. The van der Waals surface area contributed by atoms with Gasteiger partial charge in [-0.1, -0.05) is 6.08 Å². The van der Waals surface area contributed by atoms with Crippen molar-refractivity contribution < 1.29 is 9.47 Å². The molecule has 0 aliphatic carbocycles. The zero-order valence-corrected chi connectivity index (χ0v) is 16.0. The van der Waals surface area contributed by atoms with E-state index in [1.807, 2.05) is 18.3 Å². The molecule has 3 aliphatic rings. The molecule has 1 aromatic heterocycles. The van der Waals surface area contributed by atoms with Gasteiger partial charge in [-0.15, -0.1) is 6.58 Å². The van der Waals surface area contributed by atoms with E-state index in [1.54, 1.807) is 7.11 Å². The summed E-state index contributed by atoms with van der Waals surface area (Å²) in [5.41, 5.74) is 7.93. The van der Waals surface area contributed by atoms with Crippen molar-refractivity contribution in [1.82, 2.24) is 9.88 Å². The molecule has 3 saturated heterocycles. The average molecular weight is 367 g/mol. The second-order valence-electron chi connectivity index (χ2n) is 7.61. The Balaban J connectivity index is 1.73. The molecule has 3 fully saturated rings. The molecule has 0 amide bonds. The predicted octanol–water partition coefficient (Wildman–Crippen LogP) is 3.16. The minimum Gasteiger partial charge on any atom is -0.497 e. The number of rotatable bonds is 7. The standard InChI is InChI=1S/C22H29N3O2/c1-3-15-14-25-10-7-16(15)12-21(25)22(27-11-8-23)18-6-9-24-20-5-4-17(26-2)13-19(18)20/h3-6,9,13,15-16,21-22H,1,7-8,10-12,14,23H2,2H3/t15?,16?,21?,22-/m0/s1. The first-order valence-electron chi connectivity index (χ1n) is 9.86. The monoisotopic (exact) mass is 367 g/mol. The minimum absolute atomic E-state index is 0.0141. The Morgan fingerprint density at radius 3 is 3.00 bits per heavy atom. The molecule has 4 heterocycles. The minimum atomic E-state index is -0.0141. The summed E-state index contributed by atoms with van der Waals surface area (Å²) in [5, 5.41) is 1.10. The predicted molar refractivity (Wildman–Crippen MR) is 108 cm³/mol. The van der Waals surface area contributed by atoms with E-state index in [9.17, 15) is 0 Å². The summed E-state index contributed by atoms with van der Waals surface area (Å²) in [6.07, 6.45) is 6.39. The number of nitrogens with two attached hydrogens (primary N) is 1. The van der Waals surface area contributed by atoms with E-state index < -0.39 is 0 Å². The third-order valence-electron chi connectivity index (χ3n) is 6.21. The van der Waals surface area contributed by atoms with Crippen LogP contribution in [0.1, 0.15) is 24.5 Å². The Kier molecular flexibility index (Phi) is 5.43. The lowest BCUT2D eigenvalue weighted by atomic mass is 9.73. The van der Waals surface area contributed by atoms with Crippen molar-refractivity contribution in [3.05, 3.63) is 48.7 Å². The molecule has 0 radical (unpaired) electrons. The fourth-order valence-corrected chi connectivity index (χ4v) is 4.82. The fourth-order valence-electron chi connectivity index (χ4n) is 4.82. The maximum absolute atomic E-state index is 6.36. The second kappa shape index (κ2) is 7.97. The number of hydrogen-bond acceptors (Lipinski definition) is 5. The van der Waals surface area contributed by atoms with Gasteiger partial charge in [-0.05, 0) is 61.1 Å². The summed E-state index contributed by atoms with van der Waals surface area (Å²) in [6, 6.07) is 8.49. The lowest BCUT2D eigenvalue weighted by Gasteiger charge is -2.51. The number of fused-ring (bicyclic) bond motifs is 4.